The van der Waals surface area contributed by atoms with Gasteiger partial charge in [-0.05, 0) is 18.7 Å². The first-order valence-corrected chi connectivity index (χ1v) is 6.57. The highest BCUT2D eigenvalue weighted by molar-refractivity contribution is 5.92. The van der Waals surface area contributed by atoms with Crippen molar-refractivity contribution in [3.8, 4) is 0 Å². The van der Waals surface area contributed by atoms with Gasteiger partial charge in [0.05, 0.1) is 6.54 Å². The molecular weight excluding hydrogens is 226 g/mol. The molecule has 4 heteroatoms. The fourth-order valence-electron chi connectivity index (χ4n) is 2.19. The quantitative estimate of drug-likeness (QED) is 0.870. The number of para-hydroxylation sites is 1. The van der Waals surface area contributed by atoms with Crippen LogP contribution in [0.2, 0.25) is 0 Å². The molecule has 0 atom stereocenters. The predicted molar refractivity (Wildman–Crippen MR) is 73.6 cm³/mol. The van der Waals surface area contributed by atoms with Crippen molar-refractivity contribution in [2.45, 2.75) is 6.92 Å². The number of hydrogen-bond donors (Lipinski definition) is 1. The summed E-state index contributed by atoms with van der Waals surface area (Å²) in [6, 6.07) is 9.62. The van der Waals surface area contributed by atoms with Gasteiger partial charge in [0.2, 0.25) is 5.91 Å². The van der Waals surface area contributed by atoms with Crippen molar-refractivity contribution in [2.75, 3.05) is 44.6 Å². The first kappa shape index (κ1) is 13.1. The average molecular weight is 247 g/mol. The molecule has 0 unspecified atom stereocenters. The highest BCUT2D eigenvalue weighted by atomic mass is 16.2. The number of benzene rings is 1. The number of amides is 1. The molecule has 1 fully saturated rings. The van der Waals surface area contributed by atoms with Gasteiger partial charge in [0.15, 0.2) is 0 Å². The van der Waals surface area contributed by atoms with Crippen molar-refractivity contribution in [1.82, 2.24) is 9.80 Å². The van der Waals surface area contributed by atoms with Crippen LogP contribution in [-0.4, -0.2) is 55.0 Å². The van der Waals surface area contributed by atoms with Crippen LogP contribution in [0.3, 0.4) is 0 Å². The Bertz CT molecular complexity index is 372. The maximum absolute atomic E-state index is 11.9. The maximum Gasteiger partial charge on any atom is 0.238 e. The van der Waals surface area contributed by atoms with Crippen molar-refractivity contribution in [3.63, 3.8) is 0 Å². The number of anilines is 1. The summed E-state index contributed by atoms with van der Waals surface area (Å²) < 4.78 is 0. The lowest BCUT2D eigenvalue weighted by Crippen LogP contribution is -2.48. The van der Waals surface area contributed by atoms with Gasteiger partial charge < -0.3 is 10.2 Å². The molecule has 98 valence electrons. The molecule has 1 aliphatic heterocycles. The van der Waals surface area contributed by atoms with Crippen LogP contribution < -0.4 is 5.32 Å². The van der Waals surface area contributed by atoms with E-state index >= 15 is 0 Å². The van der Waals surface area contributed by atoms with E-state index in [4.69, 9.17) is 0 Å². The molecule has 1 saturated heterocycles. The molecule has 0 aliphatic carbocycles. The third kappa shape index (κ3) is 3.82. The van der Waals surface area contributed by atoms with Crippen molar-refractivity contribution in [3.05, 3.63) is 30.3 Å². The lowest BCUT2D eigenvalue weighted by Gasteiger charge is -2.33. The van der Waals surface area contributed by atoms with Crippen LogP contribution in [0, 0.1) is 0 Å². The SMILES string of the molecule is CCN1CCN(CC(=O)Nc2ccccc2)CC1. The number of likely N-dealkylation sites (N-methyl/N-ethyl adjacent to an activating group) is 1. The van der Waals surface area contributed by atoms with E-state index in [2.05, 4.69) is 22.0 Å². The van der Waals surface area contributed by atoms with E-state index in [1.807, 2.05) is 30.3 Å². The Morgan fingerprint density at radius 2 is 1.72 bits per heavy atom. The minimum Gasteiger partial charge on any atom is -0.325 e. The van der Waals surface area contributed by atoms with Crippen LogP contribution >= 0.6 is 0 Å². The molecule has 0 bridgehead atoms. The van der Waals surface area contributed by atoms with Gasteiger partial charge in [0, 0.05) is 31.9 Å². The number of carbonyl (C=O) groups is 1. The van der Waals surface area contributed by atoms with Crippen molar-refractivity contribution in [2.24, 2.45) is 0 Å². The fraction of sp³-hybridized carbons (Fsp3) is 0.500. The molecule has 1 aliphatic rings. The minimum absolute atomic E-state index is 0.0751. The number of hydrogen-bond acceptors (Lipinski definition) is 3. The molecule has 0 saturated carbocycles. The molecule has 2 rings (SSSR count). The summed E-state index contributed by atoms with van der Waals surface area (Å²) in [6.45, 7) is 7.87. The zero-order chi connectivity index (χ0) is 12.8. The highest BCUT2D eigenvalue weighted by Gasteiger charge is 2.17. The zero-order valence-corrected chi connectivity index (χ0v) is 10.9. The van der Waals surface area contributed by atoms with E-state index in [0.717, 1.165) is 38.4 Å². The van der Waals surface area contributed by atoms with E-state index in [0.29, 0.717) is 6.54 Å². The summed E-state index contributed by atoms with van der Waals surface area (Å²) in [7, 11) is 0. The first-order chi connectivity index (χ1) is 8.78. The number of rotatable bonds is 4. The summed E-state index contributed by atoms with van der Waals surface area (Å²) in [5.74, 6) is 0.0751. The van der Waals surface area contributed by atoms with E-state index in [1.54, 1.807) is 0 Å². The number of nitrogens with zero attached hydrogens (tertiary/aromatic N) is 2. The van der Waals surface area contributed by atoms with Crippen LogP contribution in [0.1, 0.15) is 6.92 Å². The van der Waals surface area contributed by atoms with Crippen molar-refractivity contribution in [1.29, 1.82) is 0 Å². The smallest absolute Gasteiger partial charge is 0.238 e. The molecule has 0 spiro atoms. The Balaban J connectivity index is 1.75. The van der Waals surface area contributed by atoms with Crippen LogP contribution in [0.5, 0.6) is 0 Å². The van der Waals surface area contributed by atoms with Crippen LogP contribution in [-0.2, 0) is 4.79 Å². The van der Waals surface area contributed by atoms with Gasteiger partial charge >= 0.3 is 0 Å². The normalized spacial score (nSPS) is 17.6. The van der Waals surface area contributed by atoms with Gasteiger partial charge in [-0.15, -0.1) is 0 Å². The molecule has 1 N–H and O–H groups in total. The second-order valence-corrected chi connectivity index (χ2v) is 4.62. The molecule has 1 amide bonds. The van der Waals surface area contributed by atoms with E-state index in [1.165, 1.54) is 0 Å². The number of nitrogens with one attached hydrogen (secondary N) is 1. The topological polar surface area (TPSA) is 35.6 Å². The van der Waals surface area contributed by atoms with Gasteiger partial charge in [-0.1, -0.05) is 25.1 Å². The highest BCUT2D eigenvalue weighted by Crippen LogP contribution is 2.06. The Morgan fingerprint density at radius 3 is 2.33 bits per heavy atom. The second-order valence-electron chi connectivity index (χ2n) is 4.62. The van der Waals surface area contributed by atoms with E-state index in [9.17, 15) is 4.79 Å². The summed E-state index contributed by atoms with van der Waals surface area (Å²) in [5.41, 5.74) is 0.870. The van der Waals surface area contributed by atoms with E-state index < -0.39 is 0 Å². The summed E-state index contributed by atoms with van der Waals surface area (Å²) >= 11 is 0. The molecule has 1 heterocycles. The van der Waals surface area contributed by atoms with Crippen molar-refractivity contribution >= 4 is 11.6 Å². The molecule has 0 aromatic heterocycles. The molecule has 4 nitrogen and oxygen atoms in total. The molecule has 1 aromatic rings. The average Bonchev–Trinajstić information content (AvgIpc) is 2.40. The first-order valence-electron chi connectivity index (χ1n) is 6.57. The van der Waals surface area contributed by atoms with Crippen LogP contribution in [0.25, 0.3) is 0 Å². The third-order valence-corrected chi connectivity index (χ3v) is 3.34. The maximum atomic E-state index is 11.9. The Labute approximate surface area is 109 Å². The second kappa shape index (κ2) is 6.52. The van der Waals surface area contributed by atoms with Crippen LogP contribution in [0.15, 0.2) is 30.3 Å². The molecule has 18 heavy (non-hydrogen) atoms. The van der Waals surface area contributed by atoms with Crippen molar-refractivity contribution < 1.29 is 4.79 Å². The number of piperazine rings is 1. The van der Waals surface area contributed by atoms with Crippen LogP contribution in [0.4, 0.5) is 5.69 Å². The Kier molecular flexibility index (Phi) is 4.73. The lowest BCUT2D eigenvalue weighted by molar-refractivity contribution is -0.117. The Hall–Kier alpha value is -1.39. The Morgan fingerprint density at radius 1 is 1.11 bits per heavy atom. The summed E-state index contributed by atoms with van der Waals surface area (Å²) in [5, 5.41) is 2.92. The lowest BCUT2D eigenvalue weighted by atomic mass is 10.3. The zero-order valence-electron chi connectivity index (χ0n) is 10.9. The summed E-state index contributed by atoms with van der Waals surface area (Å²) in [4.78, 5) is 16.5. The minimum atomic E-state index is 0.0751. The third-order valence-electron chi connectivity index (χ3n) is 3.34. The van der Waals surface area contributed by atoms with Gasteiger partial charge in [-0.2, -0.15) is 0 Å². The molecule has 0 radical (unpaired) electrons. The van der Waals surface area contributed by atoms with E-state index in [-0.39, 0.29) is 5.91 Å². The molecular formula is C14H21N3O. The van der Waals surface area contributed by atoms with Gasteiger partial charge in [-0.25, -0.2) is 0 Å². The van der Waals surface area contributed by atoms with Gasteiger partial charge in [0.1, 0.15) is 0 Å². The van der Waals surface area contributed by atoms with Gasteiger partial charge in [-0.3, -0.25) is 9.69 Å². The predicted octanol–water partition coefficient (Wildman–Crippen LogP) is 1.26. The fourth-order valence-corrected chi connectivity index (χ4v) is 2.19. The van der Waals surface area contributed by atoms with Gasteiger partial charge in [0.25, 0.3) is 0 Å². The summed E-state index contributed by atoms with van der Waals surface area (Å²) in [6.07, 6.45) is 0. The largest absolute Gasteiger partial charge is 0.325 e. The number of carbonyl (C=O) groups excluding carboxylic acids is 1. The standard InChI is InChI=1S/C14H21N3O/c1-2-16-8-10-17(11-9-16)12-14(18)15-13-6-4-3-5-7-13/h3-7H,2,8-12H2,1H3,(H,15,18). The monoisotopic (exact) mass is 247 g/mol. The molecule has 1 aromatic carbocycles.